The van der Waals surface area contributed by atoms with Gasteiger partial charge in [0, 0.05) is 24.8 Å². The lowest BCUT2D eigenvalue weighted by atomic mass is 10.1. The summed E-state index contributed by atoms with van der Waals surface area (Å²) < 4.78 is 24.4. The Morgan fingerprint density at radius 3 is 2.75 bits per heavy atom. The number of nitrogens with zero attached hydrogens (tertiary/aromatic N) is 2. The Bertz CT molecular complexity index is 980. The van der Waals surface area contributed by atoms with E-state index in [-0.39, 0.29) is 12.6 Å². The van der Waals surface area contributed by atoms with Crippen LogP contribution in [0.25, 0.3) is 0 Å². The molecular formula is C21H21FN4O2. The Morgan fingerprint density at radius 1 is 1.00 bits per heavy atom. The van der Waals surface area contributed by atoms with Crippen LogP contribution in [0, 0.1) is 12.7 Å². The molecule has 0 spiro atoms. The minimum atomic E-state index is -0.186. The van der Waals surface area contributed by atoms with Crippen molar-refractivity contribution in [3.8, 4) is 11.5 Å². The zero-order chi connectivity index (χ0) is 19.3. The molecule has 1 aromatic heterocycles. The predicted molar refractivity (Wildman–Crippen MR) is 105 cm³/mol. The summed E-state index contributed by atoms with van der Waals surface area (Å²) in [4.78, 5) is 8.92. The zero-order valence-corrected chi connectivity index (χ0v) is 15.5. The van der Waals surface area contributed by atoms with Crippen LogP contribution in [0.15, 0.2) is 48.5 Å². The molecule has 0 saturated heterocycles. The summed E-state index contributed by atoms with van der Waals surface area (Å²) in [5, 5.41) is 6.47. The van der Waals surface area contributed by atoms with Gasteiger partial charge in [-0.15, -0.1) is 0 Å². The lowest BCUT2D eigenvalue weighted by Gasteiger charge is -2.10. The number of rotatable bonds is 7. The molecule has 28 heavy (non-hydrogen) atoms. The van der Waals surface area contributed by atoms with Gasteiger partial charge in [0.15, 0.2) is 11.5 Å². The van der Waals surface area contributed by atoms with E-state index >= 15 is 0 Å². The van der Waals surface area contributed by atoms with E-state index in [0.717, 1.165) is 22.8 Å². The number of nitrogens with one attached hydrogen (secondary N) is 2. The minimum absolute atomic E-state index is 0.186. The fraction of sp³-hybridized carbons (Fsp3) is 0.238. The van der Waals surface area contributed by atoms with Crippen LogP contribution in [-0.4, -0.2) is 23.3 Å². The summed E-state index contributed by atoms with van der Waals surface area (Å²) in [5.41, 5.74) is 2.57. The van der Waals surface area contributed by atoms with Crippen molar-refractivity contribution >= 4 is 11.8 Å². The molecule has 144 valence electrons. The van der Waals surface area contributed by atoms with Crippen LogP contribution < -0.4 is 20.1 Å². The molecule has 1 aliphatic rings. The second-order valence-corrected chi connectivity index (χ2v) is 6.53. The highest BCUT2D eigenvalue weighted by molar-refractivity contribution is 5.46. The normalized spacial score (nSPS) is 12.1. The standard InChI is InChI=1S/C21H21FN4O2/c1-14-10-20(23-9-8-16-4-2-3-5-17(16)22)26-21(25-14)24-12-15-6-7-18-19(11-15)28-13-27-18/h2-7,10-11H,8-9,12-13H2,1H3,(H2,23,24,25,26). The summed E-state index contributed by atoms with van der Waals surface area (Å²) in [6.07, 6.45) is 0.579. The van der Waals surface area contributed by atoms with E-state index in [1.54, 1.807) is 12.1 Å². The Labute approximate surface area is 162 Å². The molecule has 0 radical (unpaired) electrons. The smallest absolute Gasteiger partial charge is 0.231 e. The summed E-state index contributed by atoms with van der Waals surface area (Å²) in [5.74, 6) is 2.56. The van der Waals surface area contributed by atoms with E-state index in [1.807, 2.05) is 37.3 Å². The highest BCUT2D eigenvalue weighted by Crippen LogP contribution is 2.32. The molecule has 4 rings (SSSR count). The average Bonchev–Trinajstić information content (AvgIpc) is 3.15. The SMILES string of the molecule is Cc1cc(NCCc2ccccc2F)nc(NCc2ccc3c(c2)OCO3)n1. The van der Waals surface area contributed by atoms with Crippen molar-refractivity contribution < 1.29 is 13.9 Å². The second kappa shape index (κ2) is 8.12. The van der Waals surface area contributed by atoms with Gasteiger partial charge in [-0.3, -0.25) is 0 Å². The van der Waals surface area contributed by atoms with Crippen molar-refractivity contribution in [1.82, 2.24) is 9.97 Å². The van der Waals surface area contributed by atoms with E-state index in [9.17, 15) is 4.39 Å². The van der Waals surface area contributed by atoms with Gasteiger partial charge in [0.05, 0.1) is 0 Å². The van der Waals surface area contributed by atoms with Crippen molar-refractivity contribution in [2.45, 2.75) is 19.9 Å². The summed E-state index contributed by atoms with van der Waals surface area (Å²) in [6, 6.07) is 14.5. The van der Waals surface area contributed by atoms with Crippen molar-refractivity contribution in [3.63, 3.8) is 0 Å². The number of benzene rings is 2. The third-order valence-electron chi connectivity index (χ3n) is 4.40. The molecule has 2 heterocycles. The first-order valence-electron chi connectivity index (χ1n) is 9.13. The average molecular weight is 380 g/mol. The Balaban J connectivity index is 1.36. The van der Waals surface area contributed by atoms with Crippen LogP contribution in [0.3, 0.4) is 0 Å². The molecule has 7 heteroatoms. The first-order valence-corrected chi connectivity index (χ1v) is 9.13. The first-order chi connectivity index (χ1) is 13.7. The Hall–Kier alpha value is -3.35. The van der Waals surface area contributed by atoms with Gasteiger partial charge in [-0.25, -0.2) is 9.37 Å². The van der Waals surface area contributed by atoms with E-state index in [1.165, 1.54) is 6.07 Å². The highest BCUT2D eigenvalue weighted by atomic mass is 19.1. The fourth-order valence-corrected chi connectivity index (χ4v) is 3.00. The van der Waals surface area contributed by atoms with Crippen LogP contribution in [0.1, 0.15) is 16.8 Å². The van der Waals surface area contributed by atoms with Crippen LogP contribution >= 0.6 is 0 Å². The van der Waals surface area contributed by atoms with Crippen LogP contribution in [-0.2, 0) is 13.0 Å². The summed E-state index contributed by atoms with van der Waals surface area (Å²) in [6.45, 7) is 3.32. The number of hydrogen-bond donors (Lipinski definition) is 2. The van der Waals surface area contributed by atoms with Crippen LogP contribution in [0.5, 0.6) is 11.5 Å². The van der Waals surface area contributed by atoms with Gasteiger partial charge in [-0.2, -0.15) is 4.98 Å². The molecule has 0 atom stereocenters. The van der Waals surface area contributed by atoms with Crippen LogP contribution in [0.4, 0.5) is 16.2 Å². The van der Waals surface area contributed by atoms with E-state index in [4.69, 9.17) is 9.47 Å². The molecule has 0 amide bonds. The molecular weight excluding hydrogens is 359 g/mol. The quantitative estimate of drug-likeness (QED) is 0.648. The molecule has 2 aromatic carbocycles. The number of halogens is 1. The van der Waals surface area contributed by atoms with Gasteiger partial charge in [-0.1, -0.05) is 24.3 Å². The number of aromatic nitrogens is 2. The maximum atomic E-state index is 13.7. The van der Waals surface area contributed by atoms with Crippen molar-refractivity contribution in [1.29, 1.82) is 0 Å². The highest BCUT2D eigenvalue weighted by Gasteiger charge is 2.13. The molecule has 2 N–H and O–H groups in total. The molecule has 0 fully saturated rings. The lowest BCUT2D eigenvalue weighted by Crippen LogP contribution is -2.10. The number of anilines is 2. The molecule has 3 aromatic rings. The van der Waals surface area contributed by atoms with Gasteiger partial charge in [0.25, 0.3) is 0 Å². The number of aryl methyl sites for hydroxylation is 1. The number of ether oxygens (including phenoxy) is 2. The third kappa shape index (κ3) is 4.31. The van der Waals surface area contributed by atoms with Crippen molar-refractivity contribution in [2.75, 3.05) is 24.0 Å². The maximum Gasteiger partial charge on any atom is 0.231 e. The summed E-state index contributed by atoms with van der Waals surface area (Å²) in [7, 11) is 0. The van der Waals surface area contributed by atoms with Gasteiger partial charge in [-0.05, 0) is 42.7 Å². The monoisotopic (exact) mass is 380 g/mol. The molecule has 0 saturated carbocycles. The van der Waals surface area contributed by atoms with E-state index < -0.39 is 0 Å². The van der Waals surface area contributed by atoms with Crippen molar-refractivity contribution in [2.24, 2.45) is 0 Å². The summed E-state index contributed by atoms with van der Waals surface area (Å²) >= 11 is 0. The Kier molecular flexibility index (Phi) is 5.23. The molecule has 0 bridgehead atoms. The molecule has 0 unspecified atom stereocenters. The van der Waals surface area contributed by atoms with E-state index in [0.29, 0.717) is 36.8 Å². The predicted octanol–water partition coefficient (Wildman–Crippen LogP) is 3.92. The van der Waals surface area contributed by atoms with Crippen molar-refractivity contribution in [3.05, 3.63) is 71.2 Å². The van der Waals surface area contributed by atoms with Gasteiger partial charge >= 0.3 is 0 Å². The fourth-order valence-electron chi connectivity index (χ4n) is 3.00. The second-order valence-electron chi connectivity index (χ2n) is 6.53. The van der Waals surface area contributed by atoms with Gasteiger partial charge in [0.1, 0.15) is 11.6 Å². The van der Waals surface area contributed by atoms with Gasteiger partial charge < -0.3 is 20.1 Å². The largest absolute Gasteiger partial charge is 0.454 e. The molecule has 1 aliphatic heterocycles. The minimum Gasteiger partial charge on any atom is -0.454 e. The van der Waals surface area contributed by atoms with Crippen LogP contribution in [0.2, 0.25) is 0 Å². The first kappa shape index (κ1) is 18.0. The zero-order valence-electron chi connectivity index (χ0n) is 15.5. The van der Waals surface area contributed by atoms with E-state index in [2.05, 4.69) is 20.6 Å². The third-order valence-corrected chi connectivity index (χ3v) is 4.40. The Morgan fingerprint density at radius 2 is 1.86 bits per heavy atom. The lowest BCUT2D eigenvalue weighted by molar-refractivity contribution is 0.174. The van der Waals surface area contributed by atoms with Gasteiger partial charge in [0.2, 0.25) is 12.7 Å². The number of hydrogen-bond acceptors (Lipinski definition) is 6. The number of fused-ring (bicyclic) bond motifs is 1. The topological polar surface area (TPSA) is 68.3 Å². The maximum absolute atomic E-state index is 13.7. The molecule has 6 nitrogen and oxygen atoms in total. The molecule has 0 aliphatic carbocycles.